The van der Waals surface area contributed by atoms with Crippen molar-refractivity contribution in [3.8, 4) is 11.5 Å². The zero-order chi connectivity index (χ0) is 24.3. The molecular weight excluding hydrogens is 444 g/mol. The minimum atomic E-state index is -0.0522. The second-order valence-corrected chi connectivity index (χ2v) is 8.88. The van der Waals surface area contributed by atoms with E-state index in [1.54, 1.807) is 0 Å². The van der Waals surface area contributed by atoms with Gasteiger partial charge >= 0.3 is 0 Å². The third kappa shape index (κ3) is 4.30. The van der Waals surface area contributed by atoms with E-state index in [-0.39, 0.29) is 12.5 Å². The van der Waals surface area contributed by atoms with Gasteiger partial charge in [-0.3, -0.25) is 0 Å². The van der Waals surface area contributed by atoms with Crippen molar-refractivity contribution < 1.29 is 9.84 Å². The summed E-state index contributed by atoms with van der Waals surface area (Å²) in [6.45, 7) is -0.0144. The lowest BCUT2D eigenvalue weighted by Crippen LogP contribution is -2.14. The van der Waals surface area contributed by atoms with Crippen LogP contribution in [0, 0.1) is 0 Å². The lowest BCUT2D eigenvalue weighted by atomic mass is 9.80. The summed E-state index contributed by atoms with van der Waals surface area (Å²) >= 11 is 0. The second-order valence-electron chi connectivity index (χ2n) is 8.88. The molecule has 0 radical (unpaired) electrons. The van der Waals surface area contributed by atoms with Gasteiger partial charge in [0.1, 0.15) is 11.5 Å². The molecule has 0 spiro atoms. The van der Waals surface area contributed by atoms with Crippen molar-refractivity contribution in [1.29, 1.82) is 0 Å². The topological polar surface area (TPSA) is 53.5 Å². The van der Waals surface area contributed by atoms with Gasteiger partial charge in [-0.25, -0.2) is 0 Å². The summed E-state index contributed by atoms with van der Waals surface area (Å²) in [4.78, 5) is 0. The molecule has 1 aliphatic heterocycles. The smallest absolute Gasteiger partial charge is 0.133 e. The highest BCUT2D eigenvalue weighted by atomic mass is 16.5. The van der Waals surface area contributed by atoms with Crippen LogP contribution < -0.4 is 15.4 Å². The molecule has 5 aromatic rings. The van der Waals surface area contributed by atoms with Crippen LogP contribution in [0.15, 0.2) is 121 Å². The van der Waals surface area contributed by atoms with Gasteiger partial charge in [-0.15, -0.1) is 0 Å². The van der Waals surface area contributed by atoms with E-state index in [9.17, 15) is 5.11 Å². The number of hydrogen-bond donors (Lipinski definition) is 3. The molecule has 0 bridgehead atoms. The predicted octanol–water partition coefficient (Wildman–Crippen LogP) is 7.95. The van der Waals surface area contributed by atoms with Gasteiger partial charge in [0.15, 0.2) is 0 Å². The number of ether oxygens (including phenoxy) is 1. The fraction of sp³-hybridized carbons (Fsp3) is 0.0625. The molecule has 5 aromatic carbocycles. The SMILES string of the molecule is OCc1ccccc1C1c2ccc(Nc3ccccc3)cc2Oc2cc(Nc3ccccc3)ccc21. The number of fused-ring (bicyclic) bond motifs is 2. The Bertz CT molecular complexity index is 1410. The normalized spacial score (nSPS) is 12.2. The molecule has 1 aliphatic rings. The van der Waals surface area contributed by atoms with Gasteiger partial charge in [0, 0.05) is 51.9 Å². The number of benzene rings is 5. The number of aliphatic hydroxyl groups is 1. The summed E-state index contributed by atoms with van der Waals surface area (Å²) < 4.78 is 6.52. The Morgan fingerprint density at radius 2 is 1.03 bits per heavy atom. The van der Waals surface area contributed by atoms with E-state index in [1.165, 1.54) is 0 Å². The quantitative estimate of drug-likeness (QED) is 0.231. The Hall–Kier alpha value is -4.54. The molecule has 4 heteroatoms. The Kier molecular flexibility index (Phi) is 5.86. The summed E-state index contributed by atoms with van der Waals surface area (Å²) in [5, 5.41) is 17.0. The third-order valence-electron chi connectivity index (χ3n) is 6.53. The summed E-state index contributed by atoms with van der Waals surface area (Å²) in [5.74, 6) is 1.56. The Labute approximate surface area is 210 Å². The Morgan fingerprint density at radius 1 is 0.528 bits per heavy atom. The fourth-order valence-corrected chi connectivity index (χ4v) is 4.84. The molecule has 0 fully saturated rings. The molecule has 0 saturated heterocycles. The average molecular weight is 471 g/mol. The average Bonchev–Trinajstić information content (AvgIpc) is 2.93. The van der Waals surface area contributed by atoms with Crippen LogP contribution in [0.4, 0.5) is 22.7 Å². The lowest BCUT2D eigenvalue weighted by molar-refractivity contribution is 0.280. The van der Waals surface area contributed by atoms with Gasteiger partial charge in [0.25, 0.3) is 0 Å². The highest BCUT2D eigenvalue weighted by Crippen LogP contribution is 2.49. The van der Waals surface area contributed by atoms with E-state index < -0.39 is 0 Å². The molecule has 6 rings (SSSR count). The maximum Gasteiger partial charge on any atom is 0.133 e. The first-order valence-corrected chi connectivity index (χ1v) is 12.1. The molecule has 0 saturated carbocycles. The molecule has 4 nitrogen and oxygen atoms in total. The molecule has 0 unspecified atom stereocenters. The zero-order valence-corrected chi connectivity index (χ0v) is 19.7. The second kappa shape index (κ2) is 9.61. The molecule has 0 amide bonds. The van der Waals surface area contributed by atoms with Crippen LogP contribution in [0.1, 0.15) is 28.2 Å². The van der Waals surface area contributed by atoms with Crippen LogP contribution >= 0.6 is 0 Å². The van der Waals surface area contributed by atoms with Gasteiger partial charge in [-0.2, -0.15) is 0 Å². The van der Waals surface area contributed by atoms with Gasteiger partial charge in [-0.1, -0.05) is 72.8 Å². The summed E-state index contributed by atoms with van der Waals surface area (Å²) in [7, 11) is 0. The first kappa shape index (κ1) is 22.0. The van der Waals surface area contributed by atoms with Crippen molar-refractivity contribution in [2.45, 2.75) is 12.5 Å². The number of anilines is 4. The Morgan fingerprint density at radius 3 is 1.56 bits per heavy atom. The van der Waals surface area contributed by atoms with Crippen LogP contribution in [0.2, 0.25) is 0 Å². The number of hydrogen-bond acceptors (Lipinski definition) is 4. The molecular formula is C32H26N2O2. The Balaban J connectivity index is 1.43. The van der Waals surface area contributed by atoms with E-state index in [0.717, 1.165) is 56.5 Å². The van der Waals surface area contributed by atoms with E-state index in [1.807, 2.05) is 78.9 Å². The molecule has 0 aromatic heterocycles. The van der Waals surface area contributed by atoms with Crippen LogP contribution in [0.5, 0.6) is 11.5 Å². The molecule has 1 heterocycles. The van der Waals surface area contributed by atoms with Crippen molar-refractivity contribution in [3.63, 3.8) is 0 Å². The monoisotopic (exact) mass is 470 g/mol. The minimum Gasteiger partial charge on any atom is -0.457 e. The van der Waals surface area contributed by atoms with Gasteiger partial charge < -0.3 is 20.5 Å². The molecule has 0 aliphatic carbocycles. The number of aliphatic hydroxyl groups excluding tert-OH is 1. The van der Waals surface area contributed by atoms with Crippen molar-refractivity contribution in [2.24, 2.45) is 0 Å². The van der Waals surface area contributed by atoms with E-state index in [0.29, 0.717) is 0 Å². The predicted molar refractivity (Wildman–Crippen MR) is 146 cm³/mol. The number of para-hydroxylation sites is 2. The van der Waals surface area contributed by atoms with E-state index in [4.69, 9.17) is 4.74 Å². The van der Waals surface area contributed by atoms with E-state index in [2.05, 4.69) is 53.1 Å². The first-order chi connectivity index (χ1) is 17.8. The van der Waals surface area contributed by atoms with Gasteiger partial charge in [0.05, 0.1) is 6.61 Å². The summed E-state index contributed by atoms with van der Waals surface area (Å²) in [5.41, 5.74) is 8.09. The molecule has 36 heavy (non-hydrogen) atoms. The van der Waals surface area contributed by atoms with Gasteiger partial charge in [-0.05, 0) is 47.5 Å². The van der Waals surface area contributed by atoms with E-state index >= 15 is 0 Å². The molecule has 176 valence electrons. The van der Waals surface area contributed by atoms with Crippen molar-refractivity contribution in [2.75, 3.05) is 10.6 Å². The van der Waals surface area contributed by atoms with Gasteiger partial charge in [0.2, 0.25) is 0 Å². The zero-order valence-electron chi connectivity index (χ0n) is 19.7. The maximum absolute atomic E-state index is 10.1. The molecule has 0 atom stereocenters. The van der Waals surface area contributed by atoms with Crippen LogP contribution in [-0.4, -0.2) is 5.11 Å². The summed E-state index contributed by atoms with van der Waals surface area (Å²) in [6, 6.07) is 40.8. The third-order valence-corrected chi connectivity index (χ3v) is 6.53. The van der Waals surface area contributed by atoms with Crippen molar-refractivity contribution in [1.82, 2.24) is 0 Å². The molecule has 3 N–H and O–H groups in total. The number of rotatable bonds is 6. The standard InChI is InChI=1S/C32H26N2O2/c35-21-22-9-7-8-14-27(22)32-28-17-15-25(33-23-10-3-1-4-11-23)19-30(28)36-31-20-26(16-18-29(31)32)34-24-12-5-2-6-13-24/h1-20,32-35H,21H2. The largest absolute Gasteiger partial charge is 0.457 e. The van der Waals surface area contributed by atoms with Crippen molar-refractivity contribution in [3.05, 3.63) is 144 Å². The highest BCUT2D eigenvalue weighted by Gasteiger charge is 2.30. The van der Waals surface area contributed by atoms with Crippen LogP contribution in [0.3, 0.4) is 0 Å². The minimum absolute atomic E-state index is 0.0144. The number of nitrogens with one attached hydrogen (secondary N) is 2. The highest BCUT2D eigenvalue weighted by molar-refractivity contribution is 5.70. The fourth-order valence-electron chi connectivity index (χ4n) is 4.84. The van der Waals surface area contributed by atoms with Crippen LogP contribution in [0.25, 0.3) is 0 Å². The van der Waals surface area contributed by atoms with Crippen molar-refractivity contribution >= 4 is 22.7 Å². The van der Waals surface area contributed by atoms with Crippen LogP contribution in [-0.2, 0) is 6.61 Å². The summed E-state index contributed by atoms with van der Waals surface area (Å²) in [6.07, 6.45) is 0. The lowest BCUT2D eigenvalue weighted by Gasteiger charge is -2.30. The first-order valence-electron chi connectivity index (χ1n) is 12.1. The maximum atomic E-state index is 10.1.